The van der Waals surface area contributed by atoms with Crippen molar-refractivity contribution in [2.24, 2.45) is 0 Å². The van der Waals surface area contributed by atoms with Crippen LogP contribution in [0.2, 0.25) is 0 Å². The number of aromatic nitrogens is 2. The zero-order valence-electron chi connectivity index (χ0n) is 15.4. The van der Waals surface area contributed by atoms with Crippen molar-refractivity contribution in [3.05, 3.63) is 77.6 Å². The minimum atomic E-state index is -0.0772. The summed E-state index contributed by atoms with van der Waals surface area (Å²) in [6.07, 6.45) is 0. The summed E-state index contributed by atoms with van der Waals surface area (Å²) in [7, 11) is 0. The highest BCUT2D eigenvalue weighted by Gasteiger charge is 2.15. The summed E-state index contributed by atoms with van der Waals surface area (Å²) in [4.78, 5) is 12.4. The molecule has 0 radical (unpaired) electrons. The maximum atomic E-state index is 12.4. The molecule has 0 aliphatic rings. The number of para-hydroxylation sites is 1. The van der Waals surface area contributed by atoms with Crippen LogP contribution in [-0.2, 0) is 4.79 Å². The zero-order valence-corrected chi connectivity index (χ0v) is 15.4. The van der Waals surface area contributed by atoms with Crippen LogP contribution in [0.25, 0.3) is 5.69 Å². The third-order valence-electron chi connectivity index (χ3n) is 4.42. The Hall–Kier alpha value is -2.92. The van der Waals surface area contributed by atoms with E-state index >= 15 is 0 Å². The predicted octanol–water partition coefficient (Wildman–Crippen LogP) is 3.78. The van der Waals surface area contributed by atoms with Gasteiger partial charge in [0.15, 0.2) is 0 Å². The first-order chi connectivity index (χ1) is 12.6. The first-order valence-electron chi connectivity index (χ1n) is 8.76. The third kappa shape index (κ3) is 4.00. The van der Waals surface area contributed by atoms with Crippen LogP contribution < -0.4 is 10.6 Å². The van der Waals surface area contributed by atoms with Crippen LogP contribution in [0, 0.1) is 13.8 Å². The lowest BCUT2D eigenvalue weighted by Gasteiger charge is -2.14. The molecule has 5 nitrogen and oxygen atoms in total. The van der Waals surface area contributed by atoms with Gasteiger partial charge in [0.2, 0.25) is 5.91 Å². The lowest BCUT2D eigenvalue weighted by molar-refractivity contribution is -0.115. The van der Waals surface area contributed by atoms with Crippen LogP contribution in [0.5, 0.6) is 0 Å². The van der Waals surface area contributed by atoms with Gasteiger partial charge in [0.05, 0.1) is 29.3 Å². The van der Waals surface area contributed by atoms with Crippen LogP contribution in [-0.4, -0.2) is 22.2 Å². The molecule has 0 aliphatic heterocycles. The molecule has 1 heterocycles. The molecule has 1 aromatic heterocycles. The molecule has 0 unspecified atom stereocenters. The van der Waals surface area contributed by atoms with Gasteiger partial charge in [-0.3, -0.25) is 4.79 Å². The fourth-order valence-corrected chi connectivity index (χ4v) is 2.93. The average molecular weight is 348 g/mol. The summed E-state index contributed by atoms with van der Waals surface area (Å²) in [5.74, 6) is -0.0772. The smallest absolute Gasteiger partial charge is 0.238 e. The molecule has 2 N–H and O–H groups in total. The fourth-order valence-electron chi connectivity index (χ4n) is 2.93. The van der Waals surface area contributed by atoms with E-state index in [0.29, 0.717) is 0 Å². The van der Waals surface area contributed by atoms with E-state index in [4.69, 9.17) is 0 Å². The fraction of sp³-hybridized carbons (Fsp3) is 0.238. The quantitative estimate of drug-likeness (QED) is 0.713. The molecule has 1 amide bonds. The van der Waals surface area contributed by atoms with Crippen LogP contribution >= 0.6 is 0 Å². The molecular weight excluding hydrogens is 324 g/mol. The van der Waals surface area contributed by atoms with Crippen molar-refractivity contribution in [2.75, 3.05) is 11.9 Å². The highest BCUT2D eigenvalue weighted by atomic mass is 16.1. The SMILES string of the molecule is Cc1nn(-c2ccccc2)c(C)c1NC(=O)CN[C@H](C)c1ccccc1. The van der Waals surface area contributed by atoms with Crippen LogP contribution in [0.4, 0.5) is 5.69 Å². The van der Waals surface area contributed by atoms with Gasteiger partial charge in [0.1, 0.15) is 0 Å². The third-order valence-corrected chi connectivity index (χ3v) is 4.42. The molecule has 0 bridgehead atoms. The Balaban J connectivity index is 1.65. The summed E-state index contributed by atoms with van der Waals surface area (Å²) >= 11 is 0. The summed E-state index contributed by atoms with van der Waals surface area (Å²) < 4.78 is 1.85. The zero-order chi connectivity index (χ0) is 18.5. The molecule has 1 atom stereocenters. The summed E-state index contributed by atoms with van der Waals surface area (Å²) in [6, 6.07) is 20.1. The number of carbonyl (C=O) groups is 1. The molecule has 3 rings (SSSR count). The molecule has 0 spiro atoms. The van der Waals surface area contributed by atoms with E-state index in [2.05, 4.69) is 15.7 Å². The number of amides is 1. The Kier molecular flexibility index (Phi) is 5.49. The number of benzene rings is 2. The second kappa shape index (κ2) is 7.97. The van der Waals surface area contributed by atoms with Gasteiger partial charge in [0.25, 0.3) is 0 Å². The maximum Gasteiger partial charge on any atom is 0.238 e. The molecule has 0 fully saturated rings. The Labute approximate surface area is 154 Å². The van der Waals surface area contributed by atoms with Crippen molar-refractivity contribution in [3.8, 4) is 5.69 Å². The lowest BCUT2D eigenvalue weighted by Crippen LogP contribution is -2.30. The molecule has 0 saturated heterocycles. The van der Waals surface area contributed by atoms with Crippen molar-refractivity contribution in [2.45, 2.75) is 26.8 Å². The van der Waals surface area contributed by atoms with Crippen molar-refractivity contribution in [3.63, 3.8) is 0 Å². The first kappa shape index (κ1) is 17.9. The number of nitrogens with one attached hydrogen (secondary N) is 2. The first-order valence-corrected chi connectivity index (χ1v) is 8.76. The molecule has 0 aliphatic carbocycles. The summed E-state index contributed by atoms with van der Waals surface area (Å²) in [5, 5.41) is 10.8. The van der Waals surface area contributed by atoms with E-state index in [1.165, 1.54) is 0 Å². The van der Waals surface area contributed by atoms with Crippen molar-refractivity contribution < 1.29 is 4.79 Å². The van der Waals surface area contributed by atoms with E-state index in [0.717, 1.165) is 28.3 Å². The van der Waals surface area contributed by atoms with Gasteiger partial charge in [-0.2, -0.15) is 5.10 Å². The number of aryl methyl sites for hydroxylation is 1. The Morgan fingerprint density at radius 1 is 1.04 bits per heavy atom. The summed E-state index contributed by atoms with van der Waals surface area (Å²) in [5.41, 5.74) is 4.62. The number of anilines is 1. The number of rotatable bonds is 6. The average Bonchev–Trinajstić information content (AvgIpc) is 2.95. The monoisotopic (exact) mass is 348 g/mol. The number of hydrogen-bond donors (Lipinski definition) is 2. The second-order valence-corrected chi connectivity index (χ2v) is 6.35. The number of carbonyl (C=O) groups excluding carboxylic acids is 1. The molecule has 26 heavy (non-hydrogen) atoms. The Bertz CT molecular complexity index is 872. The number of hydrogen-bond acceptors (Lipinski definition) is 3. The second-order valence-electron chi connectivity index (χ2n) is 6.35. The summed E-state index contributed by atoms with van der Waals surface area (Å²) in [6.45, 7) is 6.16. The van der Waals surface area contributed by atoms with E-state index in [-0.39, 0.29) is 18.5 Å². The molecular formula is C21H24N4O. The predicted molar refractivity (Wildman–Crippen MR) is 105 cm³/mol. The van der Waals surface area contributed by atoms with E-state index in [1.54, 1.807) is 0 Å². The lowest BCUT2D eigenvalue weighted by atomic mass is 10.1. The Morgan fingerprint density at radius 3 is 2.31 bits per heavy atom. The van der Waals surface area contributed by atoms with Gasteiger partial charge in [0, 0.05) is 6.04 Å². The van der Waals surface area contributed by atoms with E-state index in [9.17, 15) is 4.79 Å². The maximum absolute atomic E-state index is 12.4. The van der Waals surface area contributed by atoms with Crippen molar-refractivity contribution in [1.82, 2.24) is 15.1 Å². The van der Waals surface area contributed by atoms with Gasteiger partial charge in [-0.1, -0.05) is 48.5 Å². The molecule has 0 saturated carbocycles. The van der Waals surface area contributed by atoms with Gasteiger partial charge in [-0.05, 0) is 38.5 Å². The van der Waals surface area contributed by atoms with Gasteiger partial charge in [-0.15, -0.1) is 0 Å². The van der Waals surface area contributed by atoms with Crippen molar-refractivity contribution >= 4 is 11.6 Å². The topological polar surface area (TPSA) is 59.0 Å². The van der Waals surface area contributed by atoms with Gasteiger partial charge in [-0.25, -0.2) is 4.68 Å². The number of nitrogens with zero attached hydrogens (tertiary/aromatic N) is 2. The van der Waals surface area contributed by atoms with Crippen molar-refractivity contribution in [1.29, 1.82) is 0 Å². The van der Waals surface area contributed by atoms with E-state index < -0.39 is 0 Å². The van der Waals surface area contributed by atoms with Gasteiger partial charge < -0.3 is 10.6 Å². The minimum Gasteiger partial charge on any atom is -0.322 e. The minimum absolute atomic E-state index is 0.0772. The standard InChI is InChI=1S/C21H24N4O/c1-15(18-10-6-4-7-11-18)22-14-20(26)23-21-16(2)24-25(17(21)3)19-12-8-5-9-13-19/h4-13,15,22H,14H2,1-3H3,(H,23,26)/t15-/m1/s1. The van der Waals surface area contributed by atoms with Gasteiger partial charge >= 0.3 is 0 Å². The molecule has 3 aromatic rings. The normalized spacial score (nSPS) is 12.0. The molecule has 134 valence electrons. The van der Waals surface area contributed by atoms with Crippen LogP contribution in [0.15, 0.2) is 60.7 Å². The highest BCUT2D eigenvalue weighted by Crippen LogP contribution is 2.22. The highest BCUT2D eigenvalue weighted by molar-refractivity contribution is 5.93. The van der Waals surface area contributed by atoms with Crippen LogP contribution in [0.1, 0.15) is 29.9 Å². The molecule has 5 heteroatoms. The van der Waals surface area contributed by atoms with E-state index in [1.807, 2.05) is 86.1 Å². The Morgan fingerprint density at radius 2 is 1.65 bits per heavy atom. The van der Waals surface area contributed by atoms with Crippen LogP contribution in [0.3, 0.4) is 0 Å². The molecule has 2 aromatic carbocycles. The largest absolute Gasteiger partial charge is 0.322 e.